The quantitative estimate of drug-likeness (QED) is 0.616. The average Bonchev–Trinajstić information content (AvgIpc) is 2.31. The molecule has 1 aliphatic heterocycles. The van der Waals surface area contributed by atoms with Crippen molar-refractivity contribution < 1.29 is 9.63 Å². The van der Waals surface area contributed by atoms with Crippen molar-refractivity contribution in [2.45, 2.75) is 26.7 Å². The van der Waals surface area contributed by atoms with E-state index in [-0.39, 0.29) is 5.91 Å². The molecule has 1 amide bonds. The van der Waals surface area contributed by atoms with Crippen molar-refractivity contribution in [1.82, 2.24) is 5.06 Å². The van der Waals surface area contributed by atoms with Crippen LogP contribution in [0.3, 0.4) is 0 Å². The fourth-order valence-electron chi connectivity index (χ4n) is 1.00. The van der Waals surface area contributed by atoms with Gasteiger partial charge in [0, 0.05) is 6.54 Å². The van der Waals surface area contributed by atoms with Crippen LogP contribution in [0.15, 0.2) is 0 Å². The Morgan fingerprint density at radius 3 is 2.82 bits per heavy atom. The fraction of sp³-hybridized carbons (Fsp3) is 0.875. The first-order valence-electron chi connectivity index (χ1n) is 4.13. The standard InChI is InChI=1S/C8H15NO2/c1-7(2)3-5-9-8(10)4-6-11-9/h7H,3-6H2,1-2H3. The molecule has 0 N–H and O–H groups in total. The van der Waals surface area contributed by atoms with E-state index in [1.807, 2.05) is 0 Å². The summed E-state index contributed by atoms with van der Waals surface area (Å²) in [5.74, 6) is 0.762. The van der Waals surface area contributed by atoms with Crippen molar-refractivity contribution in [2.75, 3.05) is 13.2 Å². The number of carbonyl (C=O) groups excluding carboxylic acids is 1. The Kier molecular flexibility index (Phi) is 2.88. The maximum atomic E-state index is 11.0. The normalized spacial score (nSPS) is 18.5. The Hall–Kier alpha value is -0.570. The van der Waals surface area contributed by atoms with Gasteiger partial charge in [0.2, 0.25) is 5.91 Å². The third-order valence-corrected chi connectivity index (χ3v) is 1.75. The van der Waals surface area contributed by atoms with Crippen LogP contribution in [0, 0.1) is 5.92 Å². The highest BCUT2D eigenvalue weighted by atomic mass is 16.7. The van der Waals surface area contributed by atoms with Gasteiger partial charge in [-0.2, -0.15) is 0 Å². The number of nitrogens with zero attached hydrogens (tertiary/aromatic N) is 1. The van der Waals surface area contributed by atoms with Gasteiger partial charge in [0.05, 0.1) is 13.0 Å². The Bertz CT molecular complexity index is 145. The largest absolute Gasteiger partial charge is 0.272 e. The summed E-state index contributed by atoms with van der Waals surface area (Å²) < 4.78 is 0. The van der Waals surface area contributed by atoms with E-state index in [1.165, 1.54) is 5.06 Å². The van der Waals surface area contributed by atoms with Gasteiger partial charge >= 0.3 is 0 Å². The minimum Gasteiger partial charge on any atom is -0.272 e. The summed E-state index contributed by atoms with van der Waals surface area (Å²) in [6, 6.07) is 0. The number of hydrogen-bond acceptors (Lipinski definition) is 2. The lowest BCUT2D eigenvalue weighted by atomic mass is 10.1. The minimum atomic E-state index is 0.130. The number of carbonyl (C=O) groups is 1. The van der Waals surface area contributed by atoms with Crippen LogP contribution in [-0.4, -0.2) is 24.1 Å². The van der Waals surface area contributed by atoms with Gasteiger partial charge in [0.1, 0.15) is 0 Å². The maximum Gasteiger partial charge on any atom is 0.248 e. The Labute approximate surface area is 67.3 Å². The predicted molar refractivity (Wildman–Crippen MR) is 41.7 cm³/mol. The molecule has 0 aromatic rings. The van der Waals surface area contributed by atoms with Crippen LogP contribution >= 0.6 is 0 Å². The summed E-state index contributed by atoms with van der Waals surface area (Å²) in [5.41, 5.74) is 0. The second-order valence-electron chi connectivity index (χ2n) is 3.26. The molecule has 1 saturated heterocycles. The molecule has 0 radical (unpaired) electrons. The molecule has 0 spiro atoms. The Morgan fingerprint density at radius 2 is 2.36 bits per heavy atom. The number of hydroxylamine groups is 2. The van der Waals surface area contributed by atoms with Crippen molar-refractivity contribution in [3.63, 3.8) is 0 Å². The average molecular weight is 157 g/mol. The molecule has 0 unspecified atom stereocenters. The molecule has 0 aromatic carbocycles. The van der Waals surface area contributed by atoms with Crippen LogP contribution in [0.25, 0.3) is 0 Å². The second-order valence-corrected chi connectivity index (χ2v) is 3.26. The van der Waals surface area contributed by atoms with Crippen LogP contribution in [0.4, 0.5) is 0 Å². The molecular weight excluding hydrogens is 142 g/mol. The summed E-state index contributed by atoms with van der Waals surface area (Å²) in [6.07, 6.45) is 1.57. The molecule has 11 heavy (non-hydrogen) atoms. The van der Waals surface area contributed by atoms with Crippen molar-refractivity contribution in [1.29, 1.82) is 0 Å². The first-order valence-corrected chi connectivity index (χ1v) is 4.13. The molecule has 0 aromatic heterocycles. The SMILES string of the molecule is CC(C)CCN1OCCC1=O. The summed E-state index contributed by atoms with van der Waals surface area (Å²) in [7, 11) is 0. The molecule has 3 nitrogen and oxygen atoms in total. The zero-order valence-corrected chi connectivity index (χ0v) is 7.17. The van der Waals surface area contributed by atoms with Crippen LogP contribution < -0.4 is 0 Å². The van der Waals surface area contributed by atoms with E-state index in [2.05, 4.69) is 13.8 Å². The van der Waals surface area contributed by atoms with E-state index in [4.69, 9.17) is 4.84 Å². The van der Waals surface area contributed by atoms with Crippen molar-refractivity contribution in [3.05, 3.63) is 0 Å². The van der Waals surface area contributed by atoms with Gasteiger partial charge in [0.25, 0.3) is 0 Å². The molecule has 1 fully saturated rings. The molecule has 1 rings (SSSR count). The van der Waals surface area contributed by atoms with Crippen molar-refractivity contribution in [3.8, 4) is 0 Å². The summed E-state index contributed by atoms with van der Waals surface area (Å²) >= 11 is 0. The summed E-state index contributed by atoms with van der Waals surface area (Å²) in [5, 5.41) is 1.49. The van der Waals surface area contributed by atoms with Gasteiger partial charge in [-0.3, -0.25) is 9.63 Å². The first-order chi connectivity index (χ1) is 5.20. The molecule has 1 aliphatic rings. The van der Waals surface area contributed by atoms with E-state index >= 15 is 0 Å². The van der Waals surface area contributed by atoms with E-state index in [0.29, 0.717) is 18.9 Å². The van der Waals surface area contributed by atoms with E-state index < -0.39 is 0 Å². The Morgan fingerprint density at radius 1 is 1.64 bits per heavy atom. The number of amides is 1. The van der Waals surface area contributed by atoms with Gasteiger partial charge < -0.3 is 0 Å². The molecule has 1 heterocycles. The van der Waals surface area contributed by atoms with Crippen molar-refractivity contribution >= 4 is 5.91 Å². The van der Waals surface area contributed by atoms with Crippen LogP contribution in [-0.2, 0) is 9.63 Å². The second kappa shape index (κ2) is 3.72. The molecule has 0 saturated carbocycles. The molecular formula is C8H15NO2. The number of hydrogen-bond donors (Lipinski definition) is 0. The first kappa shape index (κ1) is 8.53. The number of rotatable bonds is 3. The molecule has 64 valence electrons. The monoisotopic (exact) mass is 157 g/mol. The highest BCUT2D eigenvalue weighted by Crippen LogP contribution is 2.09. The van der Waals surface area contributed by atoms with E-state index in [9.17, 15) is 4.79 Å². The van der Waals surface area contributed by atoms with Gasteiger partial charge in [-0.15, -0.1) is 0 Å². The van der Waals surface area contributed by atoms with Gasteiger partial charge in [-0.1, -0.05) is 13.8 Å². The van der Waals surface area contributed by atoms with Crippen molar-refractivity contribution in [2.24, 2.45) is 5.92 Å². The molecule has 3 heteroatoms. The lowest BCUT2D eigenvalue weighted by Crippen LogP contribution is -2.25. The van der Waals surface area contributed by atoms with E-state index in [0.717, 1.165) is 13.0 Å². The third-order valence-electron chi connectivity index (χ3n) is 1.75. The zero-order chi connectivity index (χ0) is 8.27. The van der Waals surface area contributed by atoms with Crippen LogP contribution in [0.2, 0.25) is 0 Å². The molecule has 0 bridgehead atoms. The van der Waals surface area contributed by atoms with Crippen LogP contribution in [0.1, 0.15) is 26.7 Å². The van der Waals surface area contributed by atoms with E-state index in [1.54, 1.807) is 0 Å². The van der Waals surface area contributed by atoms with Gasteiger partial charge in [-0.05, 0) is 12.3 Å². The van der Waals surface area contributed by atoms with Gasteiger partial charge in [-0.25, -0.2) is 5.06 Å². The predicted octanol–water partition coefficient (Wildman–Crippen LogP) is 1.20. The molecule has 0 aliphatic carbocycles. The third kappa shape index (κ3) is 2.50. The molecule has 0 atom stereocenters. The maximum absolute atomic E-state index is 11.0. The zero-order valence-electron chi connectivity index (χ0n) is 7.17. The smallest absolute Gasteiger partial charge is 0.248 e. The summed E-state index contributed by atoms with van der Waals surface area (Å²) in [4.78, 5) is 16.1. The Balaban J connectivity index is 2.20. The highest BCUT2D eigenvalue weighted by Gasteiger charge is 2.20. The fourth-order valence-corrected chi connectivity index (χ4v) is 1.00. The van der Waals surface area contributed by atoms with Crippen LogP contribution in [0.5, 0.6) is 0 Å². The lowest BCUT2D eigenvalue weighted by Gasteiger charge is -2.14. The lowest BCUT2D eigenvalue weighted by molar-refractivity contribution is -0.162. The van der Waals surface area contributed by atoms with Gasteiger partial charge in [0.15, 0.2) is 0 Å². The minimum absolute atomic E-state index is 0.130. The topological polar surface area (TPSA) is 29.5 Å². The summed E-state index contributed by atoms with van der Waals surface area (Å²) in [6.45, 7) is 5.59. The highest BCUT2D eigenvalue weighted by molar-refractivity contribution is 5.76.